The smallest absolute Gasteiger partial charge is 0.144 e. The van der Waals surface area contributed by atoms with Crippen molar-refractivity contribution < 1.29 is 4.39 Å². The molecule has 0 amide bonds. The second-order valence-electron chi connectivity index (χ2n) is 5.46. The van der Waals surface area contributed by atoms with E-state index in [1.807, 2.05) is 12.1 Å². The second kappa shape index (κ2) is 7.25. The zero-order chi connectivity index (χ0) is 13.7. The van der Waals surface area contributed by atoms with E-state index in [1.165, 1.54) is 25.7 Å². The number of benzene rings is 1. The molecule has 1 aromatic rings. The number of halogens is 2. The fraction of sp³-hybridized carbons (Fsp3) is 0.625. The molecule has 1 unspecified atom stereocenters. The molecule has 0 aromatic heterocycles. The molecule has 1 N–H and O–H groups in total. The Bertz CT molecular complexity index is 402. The molecule has 1 nitrogen and oxygen atoms in total. The average molecular weight is 284 g/mol. The predicted octanol–water partition coefficient (Wildman–Crippen LogP) is 4.58. The topological polar surface area (TPSA) is 12.0 Å². The highest BCUT2D eigenvalue weighted by atomic mass is 35.5. The SMILES string of the molecule is CCNC(CCc1cccc(Cl)c1F)C1CCCC1. The summed E-state index contributed by atoms with van der Waals surface area (Å²) in [6, 6.07) is 5.81. The molecule has 0 radical (unpaired) electrons. The van der Waals surface area contributed by atoms with E-state index in [0.717, 1.165) is 30.9 Å². The maximum atomic E-state index is 13.9. The van der Waals surface area contributed by atoms with E-state index in [2.05, 4.69) is 12.2 Å². The van der Waals surface area contributed by atoms with Crippen molar-refractivity contribution in [1.82, 2.24) is 5.32 Å². The minimum atomic E-state index is -0.245. The summed E-state index contributed by atoms with van der Waals surface area (Å²) in [6.07, 6.45) is 7.08. The van der Waals surface area contributed by atoms with Gasteiger partial charge in [0, 0.05) is 6.04 Å². The van der Waals surface area contributed by atoms with Crippen LogP contribution in [-0.2, 0) is 6.42 Å². The molecule has 1 fully saturated rings. The van der Waals surface area contributed by atoms with Gasteiger partial charge >= 0.3 is 0 Å². The number of hydrogen-bond acceptors (Lipinski definition) is 1. The molecule has 1 atom stereocenters. The highest BCUT2D eigenvalue weighted by Crippen LogP contribution is 2.30. The van der Waals surface area contributed by atoms with Crippen molar-refractivity contribution in [1.29, 1.82) is 0 Å². The zero-order valence-corrected chi connectivity index (χ0v) is 12.3. The summed E-state index contributed by atoms with van der Waals surface area (Å²) in [5.74, 6) is 0.521. The largest absolute Gasteiger partial charge is 0.314 e. The molecule has 1 saturated carbocycles. The van der Waals surface area contributed by atoms with E-state index in [9.17, 15) is 4.39 Å². The number of aryl methyl sites for hydroxylation is 1. The van der Waals surface area contributed by atoms with Crippen molar-refractivity contribution in [3.05, 3.63) is 34.6 Å². The maximum Gasteiger partial charge on any atom is 0.144 e. The normalized spacial score (nSPS) is 17.8. The first-order valence-corrected chi connectivity index (χ1v) is 7.76. The number of rotatable bonds is 6. The molecule has 106 valence electrons. The lowest BCUT2D eigenvalue weighted by Crippen LogP contribution is -2.35. The van der Waals surface area contributed by atoms with Crippen molar-refractivity contribution in [2.45, 2.75) is 51.5 Å². The van der Waals surface area contributed by atoms with Crippen LogP contribution >= 0.6 is 11.6 Å². The van der Waals surface area contributed by atoms with Crippen LogP contribution in [0.1, 0.15) is 44.6 Å². The highest BCUT2D eigenvalue weighted by Gasteiger charge is 2.24. The Balaban J connectivity index is 1.96. The summed E-state index contributed by atoms with van der Waals surface area (Å²) >= 11 is 5.83. The molecule has 0 spiro atoms. The van der Waals surface area contributed by atoms with Gasteiger partial charge in [-0.25, -0.2) is 4.39 Å². The molecule has 0 aliphatic heterocycles. The Hall–Kier alpha value is -0.600. The van der Waals surface area contributed by atoms with Crippen molar-refractivity contribution in [3.63, 3.8) is 0 Å². The zero-order valence-electron chi connectivity index (χ0n) is 11.6. The van der Waals surface area contributed by atoms with Gasteiger partial charge in [-0.3, -0.25) is 0 Å². The maximum absolute atomic E-state index is 13.9. The third-order valence-corrected chi connectivity index (χ3v) is 4.48. The van der Waals surface area contributed by atoms with Crippen LogP contribution in [0.15, 0.2) is 18.2 Å². The molecule has 2 rings (SSSR count). The third kappa shape index (κ3) is 3.93. The van der Waals surface area contributed by atoms with E-state index >= 15 is 0 Å². The monoisotopic (exact) mass is 283 g/mol. The number of nitrogens with one attached hydrogen (secondary N) is 1. The minimum absolute atomic E-state index is 0.235. The van der Waals surface area contributed by atoms with Gasteiger partial charge in [-0.05, 0) is 49.8 Å². The first-order chi connectivity index (χ1) is 9.22. The third-order valence-electron chi connectivity index (χ3n) is 4.19. The van der Waals surface area contributed by atoms with Crippen LogP contribution in [-0.4, -0.2) is 12.6 Å². The Kier molecular flexibility index (Phi) is 5.65. The van der Waals surface area contributed by atoms with Crippen LogP contribution in [0.5, 0.6) is 0 Å². The molecular formula is C16H23ClFN. The van der Waals surface area contributed by atoms with Gasteiger partial charge < -0.3 is 5.32 Å². The van der Waals surface area contributed by atoms with E-state index < -0.39 is 0 Å². The average Bonchev–Trinajstić information content (AvgIpc) is 2.93. The first kappa shape index (κ1) is 14.8. The fourth-order valence-electron chi connectivity index (χ4n) is 3.18. The summed E-state index contributed by atoms with van der Waals surface area (Å²) in [6.45, 7) is 3.13. The molecule has 1 aromatic carbocycles. The molecular weight excluding hydrogens is 261 g/mol. The summed E-state index contributed by atoms with van der Waals surface area (Å²) in [5.41, 5.74) is 0.744. The van der Waals surface area contributed by atoms with Crippen LogP contribution in [0, 0.1) is 11.7 Å². The van der Waals surface area contributed by atoms with Gasteiger partial charge in [0.25, 0.3) is 0 Å². The van der Waals surface area contributed by atoms with Crippen LogP contribution in [0.3, 0.4) is 0 Å². The molecule has 19 heavy (non-hydrogen) atoms. The van der Waals surface area contributed by atoms with Gasteiger partial charge in [0.05, 0.1) is 5.02 Å². The summed E-state index contributed by atoms with van der Waals surface area (Å²) in [5, 5.41) is 3.81. The predicted molar refractivity (Wildman–Crippen MR) is 79.2 cm³/mol. The Morgan fingerprint density at radius 2 is 2.11 bits per heavy atom. The second-order valence-corrected chi connectivity index (χ2v) is 5.87. The molecule has 0 heterocycles. The van der Waals surface area contributed by atoms with Gasteiger partial charge in [0.2, 0.25) is 0 Å². The van der Waals surface area contributed by atoms with Gasteiger partial charge in [0.15, 0.2) is 0 Å². The quantitative estimate of drug-likeness (QED) is 0.806. The standard InChI is InChI=1S/C16H23ClFN/c1-2-19-15(12-6-3-4-7-12)11-10-13-8-5-9-14(17)16(13)18/h5,8-9,12,15,19H,2-4,6-7,10-11H2,1H3. The minimum Gasteiger partial charge on any atom is -0.314 e. The van der Waals surface area contributed by atoms with Crippen molar-refractivity contribution >= 4 is 11.6 Å². The lowest BCUT2D eigenvalue weighted by Gasteiger charge is -2.24. The van der Waals surface area contributed by atoms with Gasteiger partial charge in [-0.2, -0.15) is 0 Å². The Labute approximate surface area is 120 Å². The molecule has 1 aliphatic rings. The lowest BCUT2D eigenvalue weighted by molar-refractivity contribution is 0.345. The summed E-state index contributed by atoms with van der Waals surface area (Å²) in [4.78, 5) is 0. The summed E-state index contributed by atoms with van der Waals surface area (Å²) < 4.78 is 13.9. The Morgan fingerprint density at radius 3 is 2.79 bits per heavy atom. The van der Waals surface area contributed by atoms with Gasteiger partial charge in [-0.1, -0.05) is 43.5 Å². The van der Waals surface area contributed by atoms with Gasteiger partial charge in [0.1, 0.15) is 5.82 Å². The van der Waals surface area contributed by atoms with Crippen LogP contribution in [0.2, 0.25) is 5.02 Å². The first-order valence-electron chi connectivity index (χ1n) is 7.38. The van der Waals surface area contributed by atoms with E-state index in [1.54, 1.807) is 6.07 Å². The van der Waals surface area contributed by atoms with Crippen LogP contribution < -0.4 is 5.32 Å². The van der Waals surface area contributed by atoms with Crippen LogP contribution in [0.25, 0.3) is 0 Å². The van der Waals surface area contributed by atoms with Crippen LogP contribution in [0.4, 0.5) is 4.39 Å². The molecule has 0 saturated heterocycles. The van der Waals surface area contributed by atoms with E-state index in [0.29, 0.717) is 6.04 Å². The molecule has 1 aliphatic carbocycles. The Morgan fingerprint density at radius 1 is 1.37 bits per heavy atom. The highest BCUT2D eigenvalue weighted by molar-refractivity contribution is 6.30. The lowest BCUT2D eigenvalue weighted by atomic mass is 9.92. The van der Waals surface area contributed by atoms with E-state index in [4.69, 9.17) is 11.6 Å². The van der Waals surface area contributed by atoms with Crippen molar-refractivity contribution in [2.75, 3.05) is 6.54 Å². The summed E-state index contributed by atoms with van der Waals surface area (Å²) in [7, 11) is 0. The molecule has 3 heteroatoms. The number of hydrogen-bond donors (Lipinski definition) is 1. The van der Waals surface area contributed by atoms with E-state index in [-0.39, 0.29) is 10.8 Å². The fourth-order valence-corrected chi connectivity index (χ4v) is 3.37. The van der Waals surface area contributed by atoms with Gasteiger partial charge in [-0.15, -0.1) is 0 Å². The molecule has 0 bridgehead atoms. The van der Waals surface area contributed by atoms with Crippen molar-refractivity contribution in [3.8, 4) is 0 Å². The van der Waals surface area contributed by atoms with Crippen molar-refractivity contribution in [2.24, 2.45) is 5.92 Å².